The molecule has 0 saturated heterocycles. The molecule has 0 atom stereocenters. The fourth-order valence-corrected chi connectivity index (χ4v) is 2.06. The Morgan fingerprint density at radius 1 is 1.09 bits per heavy atom. The summed E-state index contributed by atoms with van der Waals surface area (Å²) in [7, 11) is 1.26. The van der Waals surface area contributed by atoms with Gasteiger partial charge in [-0.25, -0.2) is 4.79 Å². The molecule has 0 spiro atoms. The minimum absolute atomic E-state index is 0.0327. The summed E-state index contributed by atoms with van der Waals surface area (Å²) in [6.07, 6.45) is -4.44. The first kappa shape index (κ1) is 15.9. The van der Waals surface area contributed by atoms with Crippen LogP contribution in [-0.2, 0) is 17.5 Å². The maximum atomic E-state index is 12.9. The number of para-hydroxylation sites is 1. The molecule has 116 valence electrons. The molecule has 0 aliphatic rings. The van der Waals surface area contributed by atoms with Gasteiger partial charge in [-0.2, -0.15) is 13.2 Å². The topological polar surface area (TPSA) is 38.3 Å². The highest BCUT2D eigenvalue weighted by Gasteiger charge is 2.33. The van der Waals surface area contributed by atoms with Crippen molar-refractivity contribution in [3.8, 4) is 0 Å². The van der Waals surface area contributed by atoms with Crippen molar-refractivity contribution in [3.05, 3.63) is 65.2 Å². The van der Waals surface area contributed by atoms with Crippen LogP contribution in [0.4, 0.5) is 18.9 Å². The zero-order chi connectivity index (χ0) is 16.2. The quantitative estimate of drug-likeness (QED) is 0.864. The number of nitrogens with one attached hydrogen (secondary N) is 1. The molecular weight excluding hydrogens is 295 g/mol. The molecule has 0 aliphatic heterocycles. The minimum Gasteiger partial charge on any atom is -0.465 e. The van der Waals surface area contributed by atoms with Crippen LogP contribution in [0.25, 0.3) is 0 Å². The summed E-state index contributed by atoms with van der Waals surface area (Å²) >= 11 is 0. The van der Waals surface area contributed by atoms with Crippen molar-refractivity contribution in [3.63, 3.8) is 0 Å². The van der Waals surface area contributed by atoms with Gasteiger partial charge in [0.05, 0.1) is 18.2 Å². The van der Waals surface area contributed by atoms with E-state index in [0.29, 0.717) is 11.1 Å². The van der Waals surface area contributed by atoms with E-state index in [4.69, 9.17) is 0 Å². The lowest BCUT2D eigenvalue weighted by atomic mass is 10.1. The predicted octanol–water partition coefficient (Wildman–Crippen LogP) is 4.10. The van der Waals surface area contributed by atoms with E-state index in [-0.39, 0.29) is 12.2 Å². The Morgan fingerprint density at radius 2 is 1.73 bits per heavy atom. The number of anilines is 1. The van der Waals surface area contributed by atoms with Gasteiger partial charge >= 0.3 is 12.1 Å². The number of alkyl halides is 3. The Morgan fingerprint density at radius 3 is 2.41 bits per heavy atom. The monoisotopic (exact) mass is 309 g/mol. The van der Waals surface area contributed by atoms with Crippen LogP contribution in [0.2, 0.25) is 0 Å². The van der Waals surface area contributed by atoms with Crippen molar-refractivity contribution in [1.82, 2.24) is 0 Å². The van der Waals surface area contributed by atoms with Crippen molar-refractivity contribution < 1.29 is 22.7 Å². The lowest BCUT2D eigenvalue weighted by molar-refractivity contribution is -0.137. The third-order valence-electron chi connectivity index (χ3n) is 3.12. The third-order valence-corrected chi connectivity index (χ3v) is 3.12. The van der Waals surface area contributed by atoms with E-state index >= 15 is 0 Å². The molecule has 0 bridgehead atoms. The maximum absolute atomic E-state index is 12.9. The Labute approximate surface area is 125 Å². The van der Waals surface area contributed by atoms with Crippen molar-refractivity contribution >= 4 is 11.7 Å². The van der Waals surface area contributed by atoms with E-state index < -0.39 is 17.7 Å². The summed E-state index contributed by atoms with van der Waals surface area (Å²) in [5, 5.41) is 2.73. The summed E-state index contributed by atoms with van der Waals surface area (Å²) in [6.45, 7) is 0.0817. The van der Waals surface area contributed by atoms with Crippen LogP contribution < -0.4 is 5.32 Å². The standard InChI is InChI=1S/C16H14F3NO2/c1-22-15(21)12-7-3-2-6-11(12)10-20-14-9-5-4-8-13(14)16(17,18)19/h2-9,20H,10H2,1H3. The number of halogens is 3. The van der Waals surface area contributed by atoms with Crippen LogP contribution in [-0.4, -0.2) is 13.1 Å². The van der Waals surface area contributed by atoms with E-state index in [2.05, 4.69) is 10.1 Å². The van der Waals surface area contributed by atoms with E-state index in [0.717, 1.165) is 6.07 Å². The highest BCUT2D eigenvalue weighted by Crippen LogP contribution is 2.34. The molecule has 0 heterocycles. The molecule has 0 amide bonds. The molecule has 22 heavy (non-hydrogen) atoms. The van der Waals surface area contributed by atoms with Gasteiger partial charge < -0.3 is 10.1 Å². The number of carbonyl (C=O) groups excluding carboxylic acids is 1. The average Bonchev–Trinajstić information content (AvgIpc) is 2.52. The largest absolute Gasteiger partial charge is 0.465 e. The number of hydrogen-bond acceptors (Lipinski definition) is 3. The van der Waals surface area contributed by atoms with Gasteiger partial charge in [0.1, 0.15) is 0 Å². The zero-order valence-corrected chi connectivity index (χ0v) is 11.8. The van der Waals surface area contributed by atoms with Crippen molar-refractivity contribution in [2.75, 3.05) is 12.4 Å². The zero-order valence-electron chi connectivity index (χ0n) is 11.8. The van der Waals surface area contributed by atoms with E-state index in [1.54, 1.807) is 24.3 Å². The van der Waals surface area contributed by atoms with Crippen LogP contribution in [0.5, 0.6) is 0 Å². The second-order valence-electron chi connectivity index (χ2n) is 4.55. The fraction of sp³-hybridized carbons (Fsp3) is 0.188. The Kier molecular flexibility index (Phi) is 4.70. The Bertz CT molecular complexity index is 668. The number of benzene rings is 2. The van der Waals surface area contributed by atoms with Gasteiger partial charge in [-0.1, -0.05) is 30.3 Å². The first-order valence-corrected chi connectivity index (χ1v) is 6.50. The average molecular weight is 309 g/mol. The summed E-state index contributed by atoms with van der Waals surface area (Å²) in [5.74, 6) is -0.526. The number of methoxy groups -OCH3 is 1. The molecule has 0 fully saturated rings. The van der Waals surface area contributed by atoms with Gasteiger partial charge in [-0.15, -0.1) is 0 Å². The minimum atomic E-state index is -4.44. The molecule has 0 aliphatic carbocycles. The highest BCUT2D eigenvalue weighted by atomic mass is 19.4. The summed E-state index contributed by atoms with van der Waals surface area (Å²) in [5.41, 5.74) is 0.105. The summed E-state index contributed by atoms with van der Waals surface area (Å²) in [6, 6.07) is 11.8. The van der Waals surface area contributed by atoms with Crippen molar-refractivity contribution in [2.45, 2.75) is 12.7 Å². The van der Waals surface area contributed by atoms with Gasteiger partial charge in [0.15, 0.2) is 0 Å². The van der Waals surface area contributed by atoms with Crippen LogP contribution in [0.15, 0.2) is 48.5 Å². The van der Waals surface area contributed by atoms with Gasteiger partial charge in [-0.3, -0.25) is 0 Å². The number of ether oxygens (including phenoxy) is 1. The Balaban J connectivity index is 2.24. The fourth-order valence-electron chi connectivity index (χ4n) is 2.06. The second kappa shape index (κ2) is 6.51. The van der Waals surface area contributed by atoms with Crippen LogP contribution in [0.3, 0.4) is 0 Å². The van der Waals surface area contributed by atoms with Gasteiger partial charge in [-0.05, 0) is 23.8 Å². The third kappa shape index (κ3) is 3.58. The van der Waals surface area contributed by atoms with Crippen molar-refractivity contribution in [2.24, 2.45) is 0 Å². The van der Waals surface area contributed by atoms with Gasteiger partial charge in [0.2, 0.25) is 0 Å². The molecule has 0 aromatic heterocycles. The number of rotatable bonds is 4. The van der Waals surface area contributed by atoms with E-state index in [1.807, 2.05) is 0 Å². The lowest BCUT2D eigenvalue weighted by Crippen LogP contribution is -2.12. The number of esters is 1. The van der Waals surface area contributed by atoms with Gasteiger partial charge in [0, 0.05) is 12.2 Å². The van der Waals surface area contributed by atoms with Crippen LogP contribution in [0, 0.1) is 0 Å². The molecular formula is C16H14F3NO2. The molecule has 2 rings (SSSR count). The number of hydrogen-bond donors (Lipinski definition) is 1. The normalized spacial score (nSPS) is 11.1. The Hall–Kier alpha value is -2.50. The molecule has 1 N–H and O–H groups in total. The lowest BCUT2D eigenvalue weighted by Gasteiger charge is -2.15. The molecule has 0 radical (unpaired) electrons. The first-order valence-electron chi connectivity index (χ1n) is 6.50. The molecule has 0 unspecified atom stereocenters. The molecule has 6 heteroatoms. The van der Waals surface area contributed by atoms with Crippen LogP contribution >= 0.6 is 0 Å². The van der Waals surface area contributed by atoms with E-state index in [9.17, 15) is 18.0 Å². The summed E-state index contributed by atoms with van der Waals surface area (Å²) < 4.78 is 43.4. The second-order valence-corrected chi connectivity index (χ2v) is 4.55. The molecule has 3 nitrogen and oxygen atoms in total. The summed E-state index contributed by atoms with van der Waals surface area (Å²) in [4.78, 5) is 11.6. The first-order chi connectivity index (χ1) is 10.4. The number of carbonyl (C=O) groups is 1. The molecule has 0 saturated carbocycles. The van der Waals surface area contributed by atoms with E-state index in [1.165, 1.54) is 25.3 Å². The SMILES string of the molecule is COC(=O)c1ccccc1CNc1ccccc1C(F)(F)F. The molecule has 2 aromatic rings. The smallest absolute Gasteiger partial charge is 0.418 e. The van der Waals surface area contributed by atoms with Crippen molar-refractivity contribution in [1.29, 1.82) is 0 Å². The van der Waals surface area contributed by atoms with Crippen LogP contribution in [0.1, 0.15) is 21.5 Å². The van der Waals surface area contributed by atoms with Gasteiger partial charge in [0.25, 0.3) is 0 Å². The molecule has 2 aromatic carbocycles. The predicted molar refractivity (Wildman–Crippen MR) is 76.6 cm³/mol. The highest BCUT2D eigenvalue weighted by molar-refractivity contribution is 5.91. The maximum Gasteiger partial charge on any atom is 0.418 e.